The number of para-hydroxylation sites is 2. The van der Waals surface area contributed by atoms with Crippen LogP contribution in [0.5, 0.6) is 5.75 Å². The highest BCUT2D eigenvalue weighted by atomic mass is 16.6. The van der Waals surface area contributed by atoms with Crippen molar-refractivity contribution in [3.05, 3.63) is 105 Å². The van der Waals surface area contributed by atoms with Crippen LogP contribution in [0.1, 0.15) is 21.5 Å². The predicted molar refractivity (Wildman–Crippen MR) is 119 cm³/mol. The molecule has 33 heavy (non-hydrogen) atoms. The van der Waals surface area contributed by atoms with Gasteiger partial charge in [-0.25, -0.2) is 9.80 Å². The van der Waals surface area contributed by atoms with Crippen molar-refractivity contribution in [2.24, 2.45) is 0 Å². The lowest BCUT2D eigenvalue weighted by atomic mass is 10.1. The van der Waals surface area contributed by atoms with Crippen LogP contribution in [0.2, 0.25) is 0 Å². The number of benzene rings is 3. The molecule has 0 aliphatic carbocycles. The second kappa shape index (κ2) is 8.75. The molecule has 1 aliphatic heterocycles. The van der Waals surface area contributed by atoms with E-state index in [0.717, 1.165) is 10.6 Å². The molecule has 0 unspecified atom stereocenters. The number of hydrogen-bond donors (Lipinski definition) is 1. The predicted octanol–water partition coefficient (Wildman–Crippen LogP) is 3.58. The summed E-state index contributed by atoms with van der Waals surface area (Å²) in [6.45, 7) is 1.79. The number of ether oxygens (including phenoxy) is 1. The standard InChI is InChI=1S/C24H17N3O6/c1-15-7-5-9-17(13-15)24(30)33-21-16(8-6-12-20(21)27(31)32)14-19-22(28)25-26(23(19)29)18-10-3-2-4-11-18/h2-14H,1H3,(H,25,28)/b19-14-. The van der Waals surface area contributed by atoms with Crippen LogP contribution in [-0.4, -0.2) is 22.7 Å². The van der Waals surface area contributed by atoms with Gasteiger partial charge in [0.25, 0.3) is 11.8 Å². The highest BCUT2D eigenvalue weighted by Crippen LogP contribution is 2.34. The van der Waals surface area contributed by atoms with Gasteiger partial charge in [-0.15, -0.1) is 0 Å². The molecule has 9 heteroatoms. The van der Waals surface area contributed by atoms with E-state index in [9.17, 15) is 24.5 Å². The Bertz CT molecular complexity index is 1320. The van der Waals surface area contributed by atoms with Crippen LogP contribution < -0.4 is 15.2 Å². The summed E-state index contributed by atoms with van der Waals surface area (Å²) in [4.78, 5) is 48.9. The topological polar surface area (TPSA) is 119 Å². The summed E-state index contributed by atoms with van der Waals surface area (Å²) in [7, 11) is 0. The molecule has 0 radical (unpaired) electrons. The van der Waals surface area contributed by atoms with Crippen LogP contribution in [0.25, 0.3) is 6.08 Å². The van der Waals surface area contributed by atoms with E-state index in [4.69, 9.17) is 4.74 Å². The molecular formula is C24H17N3O6. The molecule has 0 saturated carbocycles. The number of nitro benzene ring substituents is 1. The number of nitrogens with zero attached hydrogens (tertiary/aromatic N) is 2. The number of hydrazine groups is 1. The molecule has 1 N–H and O–H groups in total. The SMILES string of the molecule is Cc1cccc(C(=O)Oc2c(/C=C3/C(=O)NN(c4ccccc4)C3=O)cccc2[N+](=O)[O-])c1. The lowest BCUT2D eigenvalue weighted by molar-refractivity contribution is -0.385. The van der Waals surface area contributed by atoms with E-state index >= 15 is 0 Å². The Hall–Kier alpha value is -4.79. The molecule has 0 bridgehead atoms. The number of esters is 1. The zero-order valence-corrected chi connectivity index (χ0v) is 17.3. The number of carbonyl (C=O) groups excluding carboxylic acids is 3. The molecule has 4 rings (SSSR count). The van der Waals surface area contributed by atoms with Crippen LogP contribution >= 0.6 is 0 Å². The van der Waals surface area contributed by atoms with Gasteiger partial charge in [0.05, 0.1) is 16.2 Å². The fourth-order valence-electron chi connectivity index (χ4n) is 3.31. The molecule has 0 atom stereocenters. The van der Waals surface area contributed by atoms with E-state index < -0.39 is 28.4 Å². The van der Waals surface area contributed by atoms with E-state index in [1.54, 1.807) is 55.5 Å². The quantitative estimate of drug-likeness (QED) is 0.161. The molecule has 1 fully saturated rings. The number of carbonyl (C=O) groups is 3. The average molecular weight is 443 g/mol. The third kappa shape index (κ3) is 4.33. The first-order valence-electron chi connectivity index (χ1n) is 9.83. The van der Waals surface area contributed by atoms with Crippen LogP contribution in [0, 0.1) is 17.0 Å². The van der Waals surface area contributed by atoms with Crippen molar-refractivity contribution >= 4 is 35.2 Å². The van der Waals surface area contributed by atoms with Gasteiger partial charge in [-0.2, -0.15) is 0 Å². The Kier molecular flexibility index (Phi) is 5.69. The zero-order valence-electron chi connectivity index (χ0n) is 17.3. The first-order chi connectivity index (χ1) is 15.8. The smallest absolute Gasteiger partial charge is 0.343 e. The highest BCUT2D eigenvalue weighted by Gasteiger charge is 2.35. The minimum atomic E-state index is -0.805. The maximum Gasteiger partial charge on any atom is 0.343 e. The number of nitrogens with one attached hydrogen (secondary N) is 1. The summed E-state index contributed by atoms with van der Waals surface area (Å²) >= 11 is 0. The minimum absolute atomic E-state index is 0.0404. The van der Waals surface area contributed by atoms with Crippen LogP contribution in [-0.2, 0) is 9.59 Å². The van der Waals surface area contributed by atoms with E-state index in [0.29, 0.717) is 5.69 Å². The monoisotopic (exact) mass is 443 g/mol. The molecule has 0 aromatic heterocycles. The first kappa shape index (κ1) is 21.4. The van der Waals surface area contributed by atoms with E-state index in [1.807, 2.05) is 0 Å². The summed E-state index contributed by atoms with van der Waals surface area (Å²) in [6, 6.07) is 19.0. The van der Waals surface area contributed by atoms with Crippen molar-refractivity contribution in [1.82, 2.24) is 5.43 Å². The molecular weight excluding hydrogens is 426 g/mol. The zero-order chi connectivity index (χ0) is 23.5. The fraction of sp³-hybridized carbons (Fsp3) is 0.0417. The molecule has 1 saturated heterocycles. The minimum Gasteiger partial charge on any atom is -0.415 e. The van der Waals surface area contributed by atoms with Gasteiger partial charge in [0.2, 0.25) is 5.75 Å². The number of anilines is 1. The molecule has 164 valence electrons. The van der Waals surface area contributed by atoms with E-state index in [-0.39, 0.29) is 22.4 Å². The molecule has 0 spiro atoms. The molecule has 1 heterocycles. The Balaban J connectivity index is 1.74. The normalized spacial score (nSPS) is 14.3. The number of aryl methyl sites for hydroxylation is 1. The number of rotatable bonds is 5. The Morgan fingerprint density at radius 2 is 1.76 bits per heavy atom. The van der Waals surface area contributed by atoms with Gasteiger partial charge in [-0.1, -0.05) is 48.0 Å². The molecule has 1 aliphatic rings. The lowest BCUT2D eigenvalue weighted by Gasteiger charge is -2.14. The van der Waals surface area contributed by atoms with Gasteiger partial charge in [0.1, 0.15) is 5.57 Å². The van der Waals surface area contributed by atoms with Crippen LogP contribution in [0.15, 0.2) is 78.4 Å². The molecule has 3 aromatic rings. The Labute approximate surface area is 188 Å². The first-order valence-corrected chi connectivity index (χ1v) is 9.83. The molecule has 2 amide bonds. The maximum absolute atomic E-state index is 12.9. The maximum atomic E-state index is 12.9. The van der Waals surface area contributed by atoms with Crippen molar-refractivity contribution in [3.8, 4) is 5.75 Å². The molecule has 9 nitrogen and oxygen atoms in total. The average Bonchev–Trinajstić information content (AvgIpc) is 3.08. The second-order valence-electron chi connectivity index (χ2n) is 7.19. The van der Waals surface area contributed by atoms with E-state index in [2.05, 4.69) is 5.43 Å². The lowest BCUT2D eigenvalue weighted by Crippen LogP contribution is -2.35. The number of amides is 2. The summed E-state index contributed by atoms with van der Waals surface area (Å²) < 4.78 is 5.39. The van der Waals surface area contributed by atoms with Gasteiger partial charge >= 0.3 is 11.7 Å². The highest BCUT2D eigenvalue weighted by molar-refractivity contribution is 6.31. The molecule has 3 aromatic carbocycles. The van der Waals surface area contributed by atoms with Crippen LogP contribution in [0.4, 0.5) is 11.4 Å². The van der Waals surface area contributed by atoms with Crippen molar-refractivity contribution in [3.63, 3.8) is 0 Å². The Morgan fingerprint density at radius 1 is 1.03 bits per heavy atom. The van der Waals surface area contributed by atoms with Crippen molar-refractivity contribution in [2.45, 2.75) is 6.92 Å². The summed E-state index contributed by atoms with van der Waals surface area (Å²) in [5.74, 6) is -2.50. The van der Waals surface area contributed by atoms with Crippen LogP contribution in [0.3, 0.4) is 0 Å². The third-order valence-electron chi connectivity index (χ3n) is 4.88. The van der Waals surface area contributed by atoms with Crippen molar-refractivity contribution in [2.75, 3.05) is 5.01 Å². The summed E-state index contributed by atoms with van der Waals surface area (Å²) in [5.41, 5.74) is 3.22. The number of nitro groups is 1. The van der Waals surface area contributed by atoms with Gasteiger partial charge in [-0.05, 0) is 37.3 Å². The van der Waals surface area contributed by atoms with Gasteiger partial charge in [0, 0.05) is 11.6 Å². The van der Waals surface area contributed by atoms with Gasteiger partial charge in [0.15, 0.2) is 0 Å². The van der Waals surface area contributed by atoms with Crippen molar-refractivity contribution in [1.29, 1.82) is 0 Å². The summed E-state index contributed by atoms with van der Waals surface area (Å²) in [5, 5.41) is 12.7. The van der Waals surface area contributed by atoms with Crippen molar-refractivity contribution < 1.29 is 24.0 Å². The Morgan fingerprint density at radius 3 is 2.45 bits per heavy atom. The van der Waals surface area contributed by atoms with Gasteiger partial charge < -0.3 is 4.74 Å². The largest absolute Gasteiger partial charge is 0.415 e. The summed E-state index contributed by atoms with van der Waals surface area (Å²) in [6.07, 6.45) is 1.17. The second-order valence-corrected chi connectivity index (χ2v) is 7.19. The third-order valence-corrected chi connectivity index (χ3v) is 4.88. The van der Waals surface area contributed by atoms with E-state index in [1.165, 1.54) is 30.3 Å². The number of hydrogen-bond acceptors (Lipinski definition) is 6. The fourth-order valence-corrected chi connectivity index (χ4v) is 3.31. The van der Waals surface area contributed by atoms with Gasteiger partial charge in [-0.3, -0.25) is 25.1 Å².